The molecule has 0 unspecified atom stereocenters. The van der Waals surface area contributed by atoms with Crippen molar-refractivity contribution in [1.29, 1.82) is 0 Å². The van der Waals surface area contributed by atoms with E-state index in [9.17, 15) is 13.2 Å². The van der Waals surface area contributed by atoms with E-state index in [0.717, 1.165) is 24.2 Å². The van der Waals surface area contributed by atoms with Gasteiger partial charge in [0.1, 0.15) is 0 Å². The predicted molar refractivity (Wildman–Crippen MR) is 101 cm³/mol. The van der Waals surface area contributed by atoms with Crippen LogP contribution in [0.2, 0.25) is 0 Å². The van der Waals surface area contributed by atoms with Gasteiger partial charge in [0, 0.05) is 36.5 Å². The molecule has 0 bridgehead atoms. The molecule has 0 aliphatic carbocycles. The fourth-order valence-corrected chi connectivity index (χ4v) is 3.83. The van der Waals surface area contributed by atoms with Crippen LogP contribution in [0.4, 0.5) is 5.69 Å². The number of anilines is 1. The average molecular weight is 376 g/mol. The minimum Gasteiger partial charge on any atom is -0.321 e. The predicted octanol–water partition coefficient (Wildman–Crippen LogP) is 2.02. The number of amides is 1. The van der Waals surface area contributed by atoms with Gasteiger partial charge in [0.05, 0.1) is 10.5 Å². The van der Waals surface area contributed by atoms with E-state index in [-0.39, 0.29) is 11.7 Å². The first kappa shape index (κ1) is 18.6. The van der Waals surface area contributed by atoms with E-state index in [1.807, 2.05) is 0 Å². The monoisotopic (exact) mass is 376 g/mol. The molecular weight excluding hydrogens is 352 g/mol. The standard InChI is InChI=1S/C18H24N4O3S/c1-18(2,3)26(24,25)11-12-5-4-6-13(9-12)20-17(23)16-14-10-19-8-7-15(14)21-22-16/h4-6,9,19H,7-8,10-11H2,1-3H3,(H,20,23)(H,21,22). The summed E-state index contributed by atoms with van der Waals surface area (Å²) in [5.74, 6) is -0.371. The second-order valence-electron chi connectivity index (χ2n) is 7.48. The molecule has 0 saturated carbocycles. The summed E-state index contributed by atoms with van der Waals surface area (Å²) in [5.41, 5.74) is 3.44. The van der Waals surface area contributed by atoms with E-state index >= 15 is 0 Å². The molecule has 3 N–H and O–H groups in total. The van der Waals surface area contributed by atoms with Crippen molar-refractivity contribution >= 4 is 21.4 Å². The zero-order chi connectivity index (χ0) is 18.9. The Hall–Kier alpha value is -2.19. The Morgan fingerprint density at radius 1 is 1.31 bits per heavy atom. The number of hydrogen-bond donors (Lipinski definition) is 3. The number of nitrogens with one attached hydrogen (secondary N) is 3. The molecule has 1 aromatic heterocycles. The molecule has 2 aromatic rings. The molecule has 2 heterocycles. The molecular formula is C18H24N4O3S. The Balaban J connectivity index is 1.77. The van der Waals surface area contributed by atoms with E-state index in [1.165, 1.54) is 0 Å². The molecule has 7 nitrogen and oxygen atoms in total. The SMILES string of the molecule is CC(C)(C)S(=O)(=O)Cc1cccc(NC(=O)c2n[nH]c3c2CNCC3)c1. The molecule has 0 fully saturated rings. The first-order valence-corrected chi connectivity index (χ1v) is 10.2. The van der Waals surface area contributed by atoms with Gasteiger partial charge in [-0.3, -0.25) is 9.89 Å². The third-order valence-corrected chi connectivity index (χ3v) is 7.08. The minimum absolute atomic E-state index is 0.0675. The lowest BCUT2D eigenvalue weighted by Gasteiger charge is -2.19. The third-order valence-electron chi connectivity index (χ3n) is 4.50. The van der Waals surface area contributed by atoms with Crippen molar-refractivity contribution in [3.05, 3.63) is 46.8 Å². The number of aromatic amines is 1. The number of fused-ring (bicyclic) bond motifs is 1. The van der Waals surface area contributed by atoms with Crippen molar-refractivity contribution in [3.63, 3.8) is 0 Å². The van der Waals surface area contributed by atoms with Gasteiger partial charge in [-0.1, -0.05) is 12.1 Å². The van der Waals surface area contributed by atoms with Crippen molar-refractivity contribution in [2.45, 2.75) is 44.2 Å². The molecule has 1 aromatic carbocycles. The van der Waals surface area contributed by atoms with Crippen LogP contribution in [-0.2, 0) is 28.6 Å². The Bertz CT molecular complexity index is 926. The zero-order valence-corrected chi connectivity index (χ0v) is 16.0. The average Bonchev–Trinajstić information content (AvgIpc) is 2.97. The van der Waals surface area contributed by atoms with Crippen molar-refractivity contribution in [2.75, 3.05) is 11.9 Å². The van der Waals surface area contributed by atoms with E-state index in [2.05, 4.69) is 20.8 Å². The van der Waals surface area contributed by atoms with E-state index < -0.39 is 14.6 Å². The van der Waals surface area contributed by atoms with Crippen molar-refractivity contribution in [3.8, 4) is 0 Å². The molecule has 0 atom stereocenters. The van der Waals surface area contributed by atoms with Gasteiger partial charge in [-0.2, -0.15) is 5.10 Å². The van der Waals surface area contributed by atoms with Crippen molar-refractivity contribution < 1.29 is 13.2 Å². The maximum absolute atomic E-state index is 12.6. The van der Waals surface area contributed by atoms with Crippen molar-refractivity contribution in [1.82, 2.24) is 15.5 Å². The van der Waals surface area contributed by atoms with Gasteiger partial charge >= 0.3 is 0 Å². The quantitative estimate of drug-likeness (QED) is 0.757. The van der Waals surface area contributed by atoms with E-state index in [1.54, 1.807) is 45.0 Å². The van der Waals surface area contributed by atoms with Gasteiger partial charge in [0.25, 0.3) is 5.91 Å². The number of carbonyl (C=O) groups is 1. The summed E-state index contributed by atoms with van der Waals surface area (Å²) in [6.45, 7) is 6.52. The summed E-state index contributed by atoms with van der Waals surface area (Å²) in [5, 5.41) is 13.1. The normalized spacial score (nSPS) is 14.7. The summed E-state index contributed by atoms with van der Waals surface area (Å²) in [7, 11) is -3.29. The first-order chi connectivity index (χ1) is 12.2. The molecule has 0 saturated heterocycles. The number of carbonyl (C=O) groups excluding carboxylic acids is 1. The number of H-pyrrole nitrogens is 1. The highest BCUT2D eigenvalue weighted by atomic mass is 32.2. The second-order valence-corrected chi connectivity index (χ2v) is 10.2. The largest absolute Gasteiger partial charge is 0.321 e. The molecule has 1 amide bonds. The highest BCUT2D eigenvalue weighted by Gasteiger charge is 2.29. The number of rotatable bonds is 4. The van der Waals surface area contributed by atoms with Crippen LogP contribution in [0.1, 0.15) is 48.1 Å². The summed E-state index contributed by atoms with van der Waals surface area (Å²) in [4.78, 5) is 12.6. The number of hydrogen-bond acceptors (Lipinski definition) is 5. The van der Waals surface area contributed by atoms with Gasteiger partial charge in [-0.25, -0.2) is 8.42 Å². The van der Waals surface area contributed by atoms with E-state index in [4.69, 9.17) is 0 Å². The molecule has 1 aliphatic heterocycles. The van der Waals surface area contributed by atoms with E-state index in [0.29, 0.717) is 23.5 Å². The van der Waals surface area contributed by atoms with Gasteiger partial charge in [0.15, 0.2) is 15.5 Å². The van der Waals surface area contributed by atoms with Crippen LogP contribution >= 0.6 is 0 Å². The van der Waals surface area contributed by atoms with Crippen molar-refractivity contribution in [2.24, 2.45) is 0 Å². The van der Waals surface area contributed by atoms with Crippen LogP contribution in [-0.4, -0.2) is 35.8 Å². The van der Waals surface area contributed by atoms with Crippen LogP contribution in [0.25, 0.3) is 0 Å². The Morgan fingerprint density at radius 2 is 2.08 bits per heavy atom. The molecule has 3 rings (SSSR count). The lowest BCUT2D eigenvalue weighted by atomic mass is 10.1. The molecule has 0 spiro atoms. The first-order valence-electron chi connectivity index (χ1n) is 8.57. The minimum atomic E-state index is -3.29. The zero-order valence-electron chi connectivity index (χ0n) is 15.2. The lowest BCUT2D eigenvalue weighted by molar-refractivity contribution is 0.102. The lowest BCUT2D eigenvalue weighted by Crippen LogP contribution is -2.29. The second kappa shape index (κ2) is 6.85. The smallest absolute Gasteiger partial charge is 0.276 e. The summed E-state index contributed by atoms with van der Waals surface area (Å²) < 4.78 is 24.0. The molecule has 26 heavy (non-hydrogen) atoms. The van der Waals surface area contributed by atoms with Gasteiger partial charge < -0.3 is 10.6 Å². The number of sulfone groups is 1. The maximum atomic E-state index is 12.6. The maximum Gasteiger partial charge on any atom is 0.276 e. The Labute approximate surface area is 153 Å². The van der Waals surface area contributed by atoms with Crippen LogP contribution < -0.4 is 10.6 Å². The van der Waals surface area contributed by atoms with Gasteiger partial charge in [0.2, 0.25) is 0 Å². The summed E-state index contributed by atoms with van der Waals surface area (Å²) >= 11 is 0. The highest BCUT2D eigenvalue weighted by molar-refractivity contribution is 7.91. The van der Waals surface area contributed by atoms with Crippen LogP contribution in [0.3, 0.4) is 0 Å². The molecule has 140 valence electrons. The summed E-state index contributed by atoms with van der Waals surface area (Å²) in [6, 6.07) is 6.92. The Morgan fingerprint density at radius 3 is 2.81 bits per heavy atom. The van der Waals surface area contributed by atoms with Crippen LogP contribution in [0, 0.1) is 0 Å². The number of benzene rings is 1. The molecule has 8 heteroatoms. The highest BCUT2D eigenvalue weighted by Crippen LogP contribution is 2.23. The fourth-order valence-electron chi connectivity index (χ4n) is 2.78. The number of nitrogens with zero attached hydrogens (tertiary/aromatic N) is 1. The third kappa shape index (κ3) is 3.81. The van der Waals surface area contributed by atoms with Crippen LogP contribution in [0.5, 0.6) is 0 Å². The topological polar surface area (TPSA) is 104 Å². The van der Waals surface area contributed by atoms with Crippen LogP contribution in [0.15, 0.2) is 24.3 Å². The fraction of sp³-hybridized carbons (Fsp3) is 0.444. The number of aromatic nitrogens is 2. The summed E-state index contributed by atoms with van der Waals surface area (Å²) in [6.07, 6.45) is 0.815. The molecule has 0 radical (unpaired) electrons. The molecule has 1 aliphatic rings. The van der Waals surface area contributed by atoms with Gasteiger partial charge in [-0.15, -0.1) is 0 Å². The Kier molecular flexibility index (Phi) is 4.90. The van der Waals surface area contributed by atoms with Gasteiger partial charge in [-0.05, 0) is 38.5 Å².